The van der Waals surface area contributed by atoms with Gasteiger partial charge in [0.1, 0.15) is 17.3 Å². The van der Waals surface area contributed by atoms with Crippen molar-refractivity contribution >= 4 is 17.6 Å². The van der Waals surface area contributed by atoms with Crippen molar-refractivity contribution in [2.75, 3.05) is 18.1 Å². The van der Waals surface area contributed by atoms with Crippen LogP contribution in [-0.4, -0.2) is 17.8 Å². The van der Waals surface area contributed by atoms with Crippen molar-refractivity contribution in [1.29, 1.82) is 0 Å². The van der Waals surface area contributed by atoms with E-state index in [0.29, 0.717) is 0 Å². The third-order valence-electron chi connectivity index (χ3n) is 2.39. The summed E-state index contributed by atoms with van der Waals surface area (Å²) in [4.78, 5) is 5.34. The summed E-state index contributed by atoms with van der Waals surface area (Å²) >= 11 is 1.67. The Kier molecular flexibility index (Phi) is 4.47. The maximum Gasteiger partial charge on any atom is 0.140 e. The van der Waals surface area contributed by atoms with Crippen molar-refractivity contribution in [3.05, 3.63) is 42.6 Å². The molecule has 0 aliphatic rings. The zero-order valence-corrected chi connectivity index (χ0v) is 11.3. The molecular formula is C14H16N2OS. The van der Waals surface area contributed by atoms with Gasteiger partial charge in [0.05, 0.1) is 0 Å². The maximum absolute atomic E-state index is 5.89. The van der Waals surface area contributed by atoms with Crippen LogP contribution in [-0.2, 0) is 0 Å². The number of hydrogen-bond donors (Lipinski definition) is 1. The molecule has 0 radical (unpaired) electrons. The van der Waals surface area contributed by atoms with Crippen molar-refractivity contribution in [3.63, 3.8) is 0 Å². The minimum Gasteiger partial charge on any atom is -0.456 e. The smallest absolute Gasteiger partial charge is 0.140 e. The summed E-state index contributed by atoms with van der Waals surface area (Å²) < 4.78 is 5.89. The summed E-state index contributed by atoms with van der Waals surface area (Å²) in [5, 5.41) is 3.17. The highest BCUT2D eigenvalue weighted by Gasteiger charge is 2.04. The van der Waals surface area contributed by atoms with E-state index >= 15 is 0 Å². The molecule has 0 aliphatic heterocycles. The zero-order chi connectivity index (χ0) is 12.8. The zero-order valence-electron chi connectivity index (χ0n) is 10.5. The Labute approximate surface area is 112 Å². The highest BCUT2D eigenvalue weighted by molar-refractivity contribution is 7.98. The van der Waals surface area contributed by atoms with Crippen LogP contribution in [0.5, 0.6) is 11.5 Å². The minimum atomic E-state index is 0.794. The van der Waals surface area contributed by atoms with Gasteiger partial charge in [-0.1, -0.05) is 12.1 Å². The minimum absolute atomic E-state index is 0.794. The summed E-state index contributed by atoms with van der Waals surface area (Å²) in [7, 11) is 0. The fourth-order valence-electron chi connectivity index (χ4n) is 1.58. The predicted molar refractivity (Wildman–Crippen MR) is 76.7 cm³/mol. The molecule has 2 rings (SSSR count). The van der Waals surface area contributed by atoms with Crippen molar-refractivity contribution < 1.29 is 4.74 Å². The second-order valence-corrected chi connectivity index (χ2v) is 4.51. The quantitative estimate of drug-likeness (QED) is 0.823. The van der Waals surface area contributed by atoms with E-state index in [4.69, 9.17) is 4.74 Å². The van der Waals surface area contributed by atoms with E-state index in [9.17, 15) is 0 Å². The Morgan fingerprint density at radius 1 is 1.28 bits per heavy atom. The monoisotopic (exact) mass is 260 g/mol. The first-order chi connectivity index (χ1) is 8.83. The van der Waals surface area contributed by atoms with E-state index in [2.05, 4.69) is 10.3 Å². The van der Waals surface area contributed by atoms with Crippen molar-refractivity contribution in [2.24, 2.45) is 0 Å². The summed E-state index contributed by atoms with van der Waals surface area (Å²) in [6, 6.07) is 11.8. The molecular weight excluding hydrogens is 244 g/mol. The average Bonchev–Trinajstić information content (AvgIpc) is 2.40. The Hall–Kier alpha value is -1.68. The third kappa shape index (κ3) is 3.17. The predicted octanol–water partition coefficient (Wildman–Crippen LogP) is 4.03. The molecule has 2 aromatic rings. The summed E-state index contributed by atoms with van der Waals surface area (Å²) in [5.74, 6) is 2.50. The van der Waals surface area contributed by atoms with Crippen LogP contribution >= 0.6 is 11.8 Å². The molecule has 0 atom stereocenters. The lowest BCUT2D eigenvalue weighted by Crippen LogP contribution is -1.98. The van der Waals surface area contributed by atoms with Gasteiger partial charge >= 0.3 is 0 Å². The fourth-order valence-corrected chi connectivity index (χ4v) is 2.11. The molecule has 0 bridgehead atoms. The van der Waals surface area contributed by atoms with Crippen LogP contribution in [0.4, 0.5) is 5.82 Å². The number of benzene rings is 1. The summed E-state index contributed by atoms with van der Waals surface area (Å²) in [6.07, 6.45) is 3.79. The van der Waals surface area contributed by atoms with E-state index in [-0.39, 0.29) is 0 Å². The van der Waals surface area contributed by atoms with E-state index < -0.39 is 0 Å². The molecule has 1 aromatic heterocycles. The average molecular weight is 260 g/mol. The van der Waals surface area contributed by atoms with Crippen molar-refractivity contribution in [1.82, 2.24) is 4.98 Å². The molecule has 0 amide bonds. The number of nitrogens with one attached hydrogen (secondary N) is 1. The lowest BCUT2D eigenvalue weighted by Gasteiger charge is -2.10. The molecule has 4 heteroatoms. The van der Waals surface area contributed by atoms with Crippen LogP contribution in [0.2, 0.25) is 0 Å². The van der Waals surface area contributed by atoms with E-state index in [1.54, 1.807) is 18.0 Å². The van der Waals surface area contributed by atoms with Gasteiger partial charge in [0.2, 0.25) is 0 Å². The Morgan fingerprint density at radius 3 is 2.89 bits per heavy atom. The first-order valence-corrected chi connectivity index (χ1v) is 7.06. The van der Waals surface area contributed by atoms with Crippen molar-refractivity contribution in [2.45, 2.75) is 11.8 Å². The highest BCUT2D eigenvalue weighted by Crippen LogP contribution is 2.31. The maximum atomic E-state index is 5.89. The molecule has 0 fully saturated rings. The normalized spacial score (nSPS) is 10.1. The van der Waals surface area contributed by atoms with Gasteiger partial charge in [-0.25, -0.2) is 4.98 Å². The van der Waals surface area contributed by atoms with Gasteiger partial charge in [0, 0.05) is 23.7 Å². The SMILES string of the molecule is CCNc1cc(Oc2ccccc2SC)ccn1. The lowest BCUT2D eigenvalue weighted by atomic mass is 10.3. The number of anilines is 1. The second kappa shape index (κ2) is 6.31. The molecule has 1 aromatic carbocycles. The molecule has 18 heavy (non-hydrogen) atoms. The number of pyridine rings is 1. The Balaban J connectivity index is 2.20. The number of rotatable bonds is 5. The van der Waals surface area contributed by atoms with Gasteiger partial charge < -0.3 is 10.1 Å². The summed E-state index contributed by atoms with van der Waals surface area (Å²) in [5.41, 5.74) is 0. The molecule has 0 aliphatic carbocycles. The number of hydrogen-bond acceptors (Lipinski definition) is 4. The molecule has 0 saturated heterocycles. The molecule has 0 saturated carbocycles. The van der Waals surface area contributed by atoms with E-state index in [1.165, 1.54) is 0 Å². The molecule has 1 heterocycles. The highest BCUT2D eigenvalue weighted by atomic mass is 32.2. The molecule has 0 unspecified atom stereocenters. The van der Waals surface area contributed by atoms with Gasteiger partial charge in [-0.15, -0.1) is 11.8 Å². The molecule has 1 N–H and O–H groups in total. The fraction of sp³-hybridized carbons (Fsp3) is 0.214. The summed E-state index contributed by atoms with van der Waals surface area (Å²) in [6.45, 7) is 2.89. The third-order valence-corrected chi connectivity index (χ3v) is 3.16. The van der Waals surface area contributed by atoms with E-state index in [0.717, 1.165) is 28.8 Å². The molecule has 0 spiro atoms. The van der Waals surface area contributed by atoms with Gasteiger partial charge in [-0.2, -0.15) is 0 Å². The van der Waals surface area contributed by atoms with Gasteiger partial charge in [-0.3, -0.25) is 0 Å². The first kappa shape index (κ1) is 12.8. The van der Waals surface area contributed by atoms with Gasteiger partial charge in [0.25, 0.3) is 0 Å². The van der Waals surface area contributed by atoms with E-state index in [1.807, 2.05) is 49.6 Å². The number of para-hydroxylation sites is 1. The van der Waals surface area contributed by atoms with Crippen LogP contribution in [0.25, 0.3) is 0 Å². The number of ether oxygens (including phenoxy) is 1. The van der Waals surface area contributed by atoms with Crippen LogP contribution in [0.3, 0.4) is 0 Å². The largest absolute Gasteiger partial charge is 0.456 e. The van der Waals surface area contributed by atoms with Crippen molar-refractivity contribution in [3.8, 4) is 11.5 Å². The first-order valence-electron chi connectivity index (χ1n) is 5.84. The van der Waals surface area contributed by atoms with Gasteiger partial charge in [-0.05, 0) is 31.4 Å². The van der Waals surface area contributed by atoms with Crippen LogP contribution in [0.1, 0.15) is 6.92 Å². The lowest BCUT2D eigenvalue weighted by molar-refractivity contribution is 0.471. The van der Waals surface area contributed by atoms with Crippen LogP contribution in [0, 0.1) is 0 Å². The molecule has 94 valence electrons. The Bertz CT molecular complexity index is 517. The number of aromatic nitrogens is 1. The Morgan fingerprint density at radius 2 is 2.11 bits per heavy atom. The number of thioether (sulfide) groups is 1. The number of nitrogens with zero attached hydrogens (tertiary/aromatic N) is 1. The molecule has 3 nitrogen and oxygen atoms in total. The van der Waals surface area contributed by atoms with Gasteiger partial charge in [0.15, 0.2) is 0 Å². The van der Waals surface area contributed by atoms with Crippen LogP contribution in [0.15, 0.2) is 47.5 Å². The van der Waals surface area contributed by atoms with Crippen LogP contribution < -0.4 is 10.1 Å². The topological polar surface area (TPSA) is 34.1 Å². The standard InChI is InChI=1S/C14H16N2OS/c1-3-15-14-10-11(8-9-16-14)17-12-6-4-5-7-13(12)18-2/h4-10H,3H2,1-2H3,(H,15,16). The second-order valence-electron chi connectivity index (χ2n) is 3.66.